The van der Waals surface area contributed by atoms with E-state index < -0.39 is 10.1 Å². The lowest BCUT2D eigenvalue weighted by molar-refractivity contribution is 0.463. The summed E-state index contributed by atoms with van der Waals surface area (Å²) in [6.07, 6.45) is 0. The highest BCUT2D eigenvalue weighted by molar-refractivity contribution is 7.85. The first-order chi connectivity index (χ1) is 5.00. The number of hydrogen-bond acceptors (Lipinski definition) is 3. The van der Waals surface area contributed by atoms with Gasteiger partial charge in [-0.2, -0.15) is 0 Å². The van der Waals surface area contributed by atoms with Crippen LogP contribution < -0.4 is 0 Å². The molecule has 0 aromatic heterocycles. The van der Waals surface area contributed by atoms with Crippen LogP contribution in [0.4, 0.5) is 0 Å². The summed E-state index contributed by atoms with van der Waals surface area (Å²) in [7, 11) is -4.27. The van der Waals surface area contributed by atoms with E-state index in [4.69, 9.17) is 0 Å². The van der Waals surface area contributed by atoms with Crippen LogP contribution in [0, 0.1) is 6.92 Å². The van der Waals surface area contributed by atoms with Crippen molar-refractivity contribution in [3.63, 3.8) is 0 Å². The van der Waals surface area contributed by atoms with Crippen molar-refractivity contribution in [1.29, 1.82) is 0 Å². The minimum absolute atomic E-state index is 0. The number of hydrogen-bond donors (Lipinski definition) is 0. The second-order valence-electron chi connectivity index (χ2n) is 2.27. The van der Waals surface area contributed by atoms with Gasteiger partial charge in [0.25, 0.3) is 0 Å². The van der Waals surface area contributed by atoms with Crippen molar-refractivity contribution in [2.45, 2.75) is 19.2 Å². The van der Waals surface area contributed by atoms with Crippen LogP contribution in [0.3, 0.4) is 0 Å². The monoisotopic (exact) mass is 187 g/mol. The molecule has 0 spiro atoms. The molecule has 0 N–H and O–H groups in total. The van der Waals surface area contributed by atoms with Crippen LogP contribution in [0.15, 0.2) is 29.2 Å². The Kier molecular flexibility index (Phi) is 3.42. The predicted octanol–water partition coefficient (Wildman–Crippen LogP) is 1.54. The molecule has 0 aliphatic heterocycles. The topological polar surface area (TPSA) is 57.2 Å². The Hall–Kier alpha value is -0.870. The molecule has 0 bridgehead atoms. The highest BCUT2D eigenvalue weighted by Gasteiger charge is 1.97. The molecule has 0 radical (unpaired) electrons. The normalized spacial score (nSPS) is 10.5. The quantitative estimate of drug-likeness (QED) is 0.626. The van der Waals surface area contributed by atoms with Crippen LogP contribution in [0.5, 0.6) is 0 Å². The van der Waals surface area contributed by atoms with Crippen molar-refractivity contribution in [3.8, 4) is 0 Å². The van der Waals surface area contributed by atoms with Crippen LogP contribution in [0.1, 0.15) is 13.0 Å². The first-order valence-corrected chi connectivity index (χ1v) is 4.43. The van der Waals surface area contributed by atoms with Gasteiger partial charge in [-0.3, -0.25) is 0 Å². The number of aryl methyl sites for hydroxylation is 1. The van der Waals surface area contributed by atoms with Crippen LogP contribution in [-0.4, -0.2) is 13.0 Å². The summed E-state index contributed by atoms with van der Waals surface area (Å²) in [6, 6.07) is 5.78. The van der Waals surface area contributed by atoms with Gasteiger partial charge in [-0.25, -0.2) is 8.42 Å². The molecule has 0 aliphatic carbocycles. The Balaban J connectivity index is 0.00000121. The minimum Gasteiger partial charge on any atom is -0.744 e. The first-order valence-electron chi connectivity index (χ1n) is 3.03. The summed E-state index contributed by atoms with van der Waals surface area (Å²) >= 11 is 0. The van der Waals surface area contributed by atoms with Gasteiger partial charge in [0.2, 0.25) is 0 Å². The summed E-state index contributed by atoms with van der Waals surface area (Å²) in [4.78, 5) is -0.178. The van der Waals surface area contributed by atoms with Crippen molar-refractivity contribution < 1.29 is 13.0 Å². The first kappa shape index (κ1) is 11.1. The van der Waals surface area contributed by atoms with Gasteiger partial charge in [0.15, 0.2) is 0 Å². The summed E-state index contributed by atoms with van der Waals surface area (Å²) < 4.78 is 31.2. The second kappa shape index (κ2) is 3.69. The maximum absolute atomic E-state index is 10.4. The van der Waals surface area contributed by atoms with Crippen molar-refractivity contribution in [1.82, 2.24) is 0 Å². The second-order valence-corrected chi connectivity index (χ2v) is 3.65. The molecular formula is C8H11O3S-. The predicted molar refractivity (Wildman–Crippen MR) is 45.9 cm³/mol. The third-order valence-electron chi connectivity index (χ3n) is 1.31. The molecule has 0 saturated carbocycles. The molecule has 3 nitrogen and oxygen atoms in total. The van der Waals surface area contributed by atoms with Crippen LogP contribution in [0.25, 0.3) is 0 Å². The fraction of sp³-hybridized carbons (Fsp3) is 0.250. The van der Waals surface area contributed by atoms with E-state index in [2.05, 4.69) is 0 Å². The smallest absolute Gasteiger partial charge is 0.124 e. The van der Waals surface area contributed by atoms with Crippen molar-refractivity contribution >= 4 is 10.1 Å². The van der Waals surface area contributed by atoms with Crippen molar-refractivity contribution in [2.24, 2.45) is 0 Å². The van der Waals surface area contributed by atoms with Gasteiger partial charge in [-0.1, -0.05) is 25.1 Å². The van der Waals surface area contributed by atoms with Gasteiger partial charge >= 0.3 is 0 Å². The van der Waals surface area contributed by atoms with E-state index in [0.717, 1.165) is 5.56 Å². The van der Waals surface area contributed by atoms with E-state index in [9.17, 15) is 13.0 Å². The van der Waals surface area contributed by atoms with Crippen LogP contribution >= 0.6 is 0 Å². The van der Waals surface area contributed by atoms with E-state index in [1.807, 2.05) is 6.92 Å². The van der Waals surface area contributed by atoms with E-state index in [1.165, 1.54) is 12.1 Å². The molecule has 0 atom stereocenters. The van der Waals surface area contributed by atoms with Crippen molar-refractivity contribution in [2.75, 3.05) is 0 Å². The zero-order chi connectivity index (χ0) is 8.48. The van der Waals surface area contributed by atoms with Gasteiger partial charge in [-0.15, -0.1) is 0 Å². The van der Waals surface area contributed by atoms with Gasteiger partial charge < -0.3 is 4.55 Å². The highest BCUT2D eigenvalue weighted by atomic mass is 32.2. The Bertz CT molecular complexity index is 337. The largest absolute Gasteiger partial charge is 0.744 e. The summed E-state index contributed by atoms with van der Waals surface area (Å²) in [5, 5.41) is 0. The summed E-state index contributed by atoms with van der Waals surface area (Å²) in [5.74, 6) is 0. The summed E-state index contributed by atoms with van der Waals surface area (Å²) in [5.41, 5.74) is 0.928. The number of benzene rings is 1. The van der Waals surface area contributed by atoms with Crippen LogP contribution in [-0.2, 0) is 10.1 Å². The molecule has 0 unspecified atom stereocenters. The molecule has 0 saturated heterocycles. The molecule has 4 heteroatoms. The average Bonchev–Trinajstić information content (AvgIpc) is 1.86. The Labute approximate surface area is 72.8 Å². The lowest BCUT2D eigenvalue weighted by Gasteiger charge is -2.05. The molecule has 1 aromatic rings. The van der Waals surface area contributed by atoms with Gasteiger partial charge in [0.05, 0.1) is 4.90 Å². The standard InChI is InChI=1S/C7H8O3S.CH4/c1-6-2-4-7(5-3-6)11(8,9)10;/h2-5H,1H3,(H,8,9,10);1H4/p-1. The molecule has 0 aliphatic rings. The third-order valence-corrected chi connectivity index (χ3v) is 2.16. The Morgan fingerprint density at radius 3 is 1.92 bits per heavy atom. The van der Waals surface area contributed by atoms with Crippen LogP contribution in [0.2, 0.25) is 0 Å². The van der Waals surface area contributed by atoms with Gasteiger partial charge in [0.1, 0.15) is 10.1 Å². The molecule has 1 rings (SSSR count). The lowest BCUT2D eigenvalue weighted by Crippen LogP contribution is -1.97. The zero-order valence-corrected chi connectivity index (χ0v) is 6.76. The molecular weight excluding hydrogens is 176 g/mol. The van der Waals surface area contributed by atoms with Gasteiger partial charge in [-0.05, 0) is 19.1 Å². The van der Waals surface area contributed by atoms with E-state index in [-0.39, 0.29) is 12.3 Å². The lowest BCUT2D eigenvalue weighted by atomic mass is 10.2. The molecule has 12 heavy (non-hydrogen) atoms. The molecule has 0 fully saturated rings. The maximum Gasteiger partial charge on any atom is 0.124 e. The highest BCUT2D eigenvalue weighted by Crippen LogP contribution is 2.08. The fourth-order valence-electron chi connectivity index (χ4n) is 0.705. The SMILES string of the molecule is C.Cc1ccc(S(=O)(=O)[O-])cc1. The van der Waals surface area contributed by atoms with Crippen molar-refractivity contribution in [3.05, 3.63) is 29.8 Å². The molecule has 1 aromatic carbocycles. The molecule has 0 amide bonds. The minimum atomic E-state index is -4.27. The van der Waals surface area contributed by atoms with E-state index in [0.29, 0.717) is 0 Å². The maximum atomic E-state index is 10.4. The summed E-state index contributed by atoms with van der Waals surface area (Å²) in [6.45, 7) is 1.82. The average molecular weight is 187 g/mol. The Morgan fingerprint density at radius 1 is 1.17 bits per heavy atom. The third kappa shape index (κ3) is 2.64. The zero-order valence-electron chi connectivity index (χ0n) is 5.94. The number of rotatable bonds is 1. The molecule has 0 heterocycles. The molecule has 68 valence electrons. The van der Waals surface area contributed by atoms with E-state index in [1.54, 1.807) is 12.1 Å². The van der Waals surface area contributed by atoms with Gasteiger partial charge in [0, 0.05) is 0 Å². The Morgan fingerprint density at radius 2 is 1.58 bits per heavy atom. The van der Waals surface area contributed by atoms with E-state index >= 15 is 0 Å². The fourth-order valence-corrected chi connectivity index (χ4v) is 1.17.